The van der Waals surface area contributed by atoms with Crippen molar-refractivity contribution in [2.75, 3.05) is 0 Å². The Morgan fingerprint density at radius 3 is 1.93 bits per heavy atom. The number of hydrogen-bond donors (Lipinski definition) is 1. The molecule has 45 heavy (non-hydrogen) atoms. The lowest BCUT2D eigenvalue weighted by atomic mass is 9.87. The minimum absolute atomic E-state index is 0.0671. The third-order valence-corrected chi connectivity index (χ3v) is 9.51. The lowest BCUT2D eigenvalue weighted by Gasteiger charge is -2.19. The molecule has 0 amide bonds. The summed E-state index contributed by atoms with van der Waals surface area (Å²) in [5.74, 6) is 0.818. The van der Waals surface area contributed by atoms with E-state index in [1.165, 1.54) is 11.1 Å². The van der Waals surface area contributed by atoms with Crippen LogP contribution in [0.4, 0.5) is 0 Å². The van der Waals surface area contributed by atoms with E-state index in [1.807, 2.05) is 49.4 Å². The summed E-state index contributed by atoms with van der Waals surface area (Å²) in [6, 6.07) is 33.2. The van der Waals surface area contributed by atoms with Crippen molar-refractivity contribution in [2.45, 2.75) is 76.9 Å². The lowest BCUT2D eigenvalue weighted by Crippen LogP contribution is -2.25. The van der Waals surface area contributed by atoms with E-state index in [0.717, 1.165) is 47.3 Å². The molecule has 0 aliphatic carbocycles. The molecule has 5 aromatic rings. The highest BCUT2D eigenvalue weighted by Crippen LogP contribution is 2.24. The molecule has 4 aromatic carbocycles. The zero-order valence-electron chi connectivity index (χ0n) is 26.5. The number of rotatable bonds is 12. The van der Waals surface area contributed by atoms with Gasteiger partial charge in [0.25, 0.3) is 0 Å². The normalized spacial score (nSPS) is 12.0. The standard InChI is InChI=1S/C37H42N4O3S/c1-5-40-35(39-41(36(40)42)27-30-16-22-33(23-17-30)37(2,3)4)13-9-12-28-14-18-31(19-15-28)32-20-24-34(25-21-32)45(43,44)38-26-29-10-7-6-8-11-29/h6-8,10-11,14-25,38H,5,9,12-13,26-27H2,1-4H3. The average molecular weight is 623 g/mol. The van der Waals surface area contributed by atoms with Crippen LogP contribution in [0.25, 0.3) is 11.1 Å². The molecule has 5 rings (SSSR count). The minimum Gasteiger partial charge on any atom is -0.279 e. The monoisotopic (exact) mass is 622 g/mol. The molecule has 0 saturated carbocycles. The van der Waals surface area contributed by atoms with Crippen molar-refractivity contribution < 1.29 is 8.42 Å². The van der Waals surface area contributed by atoms with Crippen LogP contribution in [-0.4, -0.2) is 22.8 Å². The molecule has 1 heterocycles. The van der Waals surface area contributed by atoms with Gasteiger partial charge in [-0.3, -0.25) is 4.57 Å². The number of sulfonamides is 1. The van der Waals surface area contributed by atoms with Gasteiger partial charge in [0, 0.05) is 19.5 Å². The lowest BCUT2D eigenvalue weighted by molar-refractivity contribution is 0.581. The van der Waals surface area contributed by atoms with E-state index in [-0.39, 0.29) is 22.5 Å². The van der Waals surface area contributed by atoms with E-state index >= 15 is 0 Å². The quantitative estimate of drug-likeness (QED) is 0.167. The van der Waals surface area contributed by atoms with Gasteiger partial charge in [0.05, 0.1) is 11.4 Å². The largest absolute Gasteiger partial charge is 0.346 e. The van der Waals surface area contributed by atoms with Gasteiger partial charge >= 0.3 is 5.69 Å². The Balaban J connectivity index is 1.17. The molecule has 0 aliphatic heterocycles. The van der Waals surface area contributed by atoms with Gasteiger partial charge in [-0.2, -0.15) is 5.10 Å². The Morgan fingerprint density at radius 1 is 0.733 bits per heavy atom. The Hall–Kier alpha value is -4.27. The highest BCUT2D eigenvalue weighted by Gasteiger charge is 2.16. The van der Waals surface area contributed by atoms with Crippen molar-refractivity contribution in [2.24, 2.45) is 0 Å². The maximum Gasteiger partial charge on any atom is 0.346 e. The van der Waals surface area contributed by atoms with Crippen LogP contribution < -0.4 is 10.4 Å². The predicted molar refractivity (Wildman–Crippen MR) is 181 cm³/mol. The molecule has 234 valence electrons. The van der Waals surface area contributed by atoms with Gasteiger partial charge in [-0.25, -0.2) is 22.6 Å². The van der Waals surface area contributed by atoms with Crippen molar-refractivity contribution >= 4 is 10.0 Å². The number of nitrogens with zero attached hydrogens (tertiary/aromatic N) is 3. The van der Waals surface area contributed by atoms with Crippen molar-refractivity contribution in [1.82, 2.24) is 19.1 Å². The molecule has 0 bridgehead atoms. The number of hydrogen-bond acceptors (Lipinski definition) is 4. The molecular weight excluding hydrogens is 580 g/mol. The van der Waals surface area contributed by atoms with E-state index in [9.17, 15) is 13.2 Å². The van der Waals surface area contributed by atoms with E-state index in [2.05, 4.69) is 74.0 Å². The smallest absolute Gasteiger partial charge is 0.279 e. The number of nitrogens with one attached hydrogen (secondary N) is 1. The maximum atomic E-state index is 13.1. The van der Waals surface area contributed by atoms with Crippen LogP contribution in [0.1, 0.15) is 62.2 Å². The molecule has 0 fully saturated rings. The molecule has 0 unspecified atom stereocenters. The van der Waals surface area contributed by atoms with Crippen LogP contribution in [0.2, 0.25) is 0 Å². The second kappa shape index (κ2) is 13.8. The summed E-state index contributed by atoms with van der Waals surface area (Å²) >= 11 is 0. The highest BCUT2D eigenvalue weighted by atomic mass is 32.2. The fraction of sp³-hybridized carbons (Fsp3) is 0.297. The van der Waals surface area contributed by atoms with Crippen molar-refractivity contribution in [3.63, 3.8) is 0 Å². The zero-order chi connectivity index (χ0) is 32.0. The number of aromatic nitrogens is 3. The fourth-order valence-corrected chi connectivity index (χ4v) is 6.39. The van der Waals surface area contributed by atoms with Crippen molar-refractivity contribution in [1.29, 1.82) is 0 Å². The molecule has 0 saturated heterocycles. The summed E-state index contributed by atoms with van der Waals surface area (Å²) in [5.41, 5.74) is 6.43. The van der Waals surface area contributed by atoms with E-state index in [4.69, 9.17) is 5.10 Å². The molecule has 0 spiro atoms. The minimum atomic E-state index is -3.60. The third kappa shape index (κ3) is 8.07. The highest BCUT2D eigenvalue weighted by molar-refractivity contribution is 7.89. The summed E-state index contributed by atoms with van der Waals surface area (Å²) in [6.07, 6.45) is 2.46. The Kier molecular flexibility index (Phi) is 9.85. The van der Waals surface area contributed by atoms with E-state index < -0.39 is 10.0 Å². The first-order valence-corrected chi connectivity index (χ1v) is 17.0. The summed E-state index contributed by atoms with van der Waals surface area (Å²) in [6.45, 7) is 9.86. The van der Waals surface area contributed by atoms with Crippen LogP contribution in [0.5, 0.6) is 0 Å². The van der Waals surface area contributed by atoms with Crippen LogP contribution >= 0.6 is 0 Å². The topological polar surface area (TPSA) is 86.0 Å². The summed E-state index contributed by atoms with van der Waals surface area (Å²) in [5, 5.41) is 4.70. The molecule has 7 nitrogen and oxygen atoms in total. The average Bonchev–Trinajstić information content (AvgIpc) is 3.34. The molecule has 8 heteroatoms. The third-order valence-electron chi connectivity index (χ3n) is 8.09. The van der Waals surface area contributed by atoms with Crippen LogP contribution in [0.15, 0.2) is 113 Å². The Morgan fingerprint density at radius 2 is 1.33 bits per heavy atom. The first-order chi connectivity index (χ1) is 21.5. The van der Waals surface area contributed by atoms with Crippen LogP contribution in [0, 0.1) is 0 Å². The second-order valence-corrected chi connectivity index (χ2v) is 14.2. The number of aryl methyl sites for hydroxylation is 2. The van der Waals surface area contributed by atoms with Gasteiger partial charge < -0.3 is 0 Å². The molecule has 1 aromatic heterocycles. The Bertz CT molecular complexity index is 1870. The van der Waals surface area contributed by atoms with Crippen LogP contribution in [-0.2, 0) is 47.9 Å². The van der Waals surface area contributed by atoms with Gasteiger partial charge in [0.2, 0.25) is 10.0 Å². The fourth-order valence-electron chi connectivity index (χ4n) is 5.37. The van der Waals surface area contributed by atoms with Gasteiger partial charge in [0.15, 0.2) is 0 Å². The van der Waals surface area contributed by atoms with Crippen LogP contribution in [0.3, 0.4) is 0 Å². The van der Waals surface area contributed by atoms with Gasteiger partial charge in [-0.05, 0) is 70.7 Å². The molecular formula is C37H42N4O3S. The Labute approximate surface area is 266 Å². The van der Waals surface area contributed by atoms with Crippen molar-refractivity contribution in [3.05, 3.63) is 142 Å². The zero-order valence-corrected chi connectivity index (χ0v) is 27.3. The summed E-state index contributed by atoms with van der Waals surface area (Å²) in [4.78, 5) is 13.3. The SMILES string of the molecule is CCn1c(CCCc2ccc(-c3ccc(S(=O)(=O)NCc4ccccc4)cc3)cc2)nn(Cc2ccc(C(C)(C)C)cc2)c1=O. The number of benzene rings is 4. The predicted octanol–water partition coefficient (Wildman–Crippen LogP) is 6.73. The maximum absolute atomic E-state index is 13.1. The molecule has 0 aliphatic rings. The van der Waals surface area contributed by atoms with Gasteiger partial charge in [0.1, 0.15) is 5.82 Å². The summed E-state index contributed by atoms with van der Waals surface area (Å²) in [7, 11) is -3.60. The van der Waals surface area contributed by atoms with Gasteiger partial charge in [-0.15, -0.1) is 0 Å². The summed E-state index contributed by atoms with van der Waals surface area (Å²) < 4.78 is 31.5. The first kappa shape index (κ1) is 32.1. The first-order valence-electron chi connectivity index (χ1n) is 15.5. The van der Waals surface area contributed by atoms with E-state index in [0.29, 0.717) is 13.1 Å². The molecule has 0 radical (unpaired) electrons. The van der Waals surface area contributed by atoms with E-state index in [1.54, 1.807) is 21.4 Å². The second-order valence-electron chi connectivity index (χ2n) is 12.4. The van der Waals surface area contributed by atoms with Gasteiger partial charge in [-0.1, -0.05) is 112 Å². The van der Waals surface area contributed by atoms with Crippen molar-refractivity contribution in [3.8, 4) is 11.1 Å². The molecule has 1 N–H and O–H groups in total. The molecule has 0 atom stereocenters.